The molecule has 9 nitrogen and oxygen atoms in total. The second-order valence-corrected chi connectivity index (χ2v) is 8.73. The maximum Gasteiger partial charge on any atom is 0.270 e. The molecular formula is C29H19N7O2. The second kappa shape index (κ2) is 9.52. The van der Waals surface area contributed by atoms with Crippen LogP contribution in [0, 0.1) is 27.4 Å². The molecule has 2 atom stereocenters. The number of non-ortho nitro benzene ring substituents is 1. The summed E-state index contributed by atoms with van der Waals surface area (Å²) in [6.07, 6.45) is 6.17. The first kappa shape index (κ1) is 22.9. The predicted octanol–water partition coefficient (Wildman–Crippen LogP) is 5.03. The summed E-state index contributed by atoms with van der Waals surface area (Å²) >= 11 is 0. The van der Waals surface area contributed by atoms with Crippen molar-refractivity contribution < 1.29 is 4.92 Å². The van der Waals surface area contributed by atoms with Gasteiger partial charge in [0.1, 0.15) is 6.07 Å². The van der Waals surface area contributed by atoms with Gasteiger partial charge in [-0.1, -0.05) is 30.3 Å². The van der Waals surface area contributed by atoms with Crippen LogP contribution in [0.4, 0.5) is 11.4 Å². The van der Waals surface area contributed by atoms with Crippen LogP contribution >= 0.6 is 0 Å². The van der Waals surface area contributed by atoms with Crippen molar-refractivity contribution in [3.05, 3.63) is 136 Å². The van der Waals surface area contributed by atoms with E-state index in [9.17, 15) is 15.4 Å². The number of nitriles is 1. The highest BCUT2D eigenvalue weighted by Crippen LogP contribution is 2.44. The van der Waals surface area contributed by atoms with Crippen LogP contribution in [-0.4, -0.2) is 32.5 Å². The number of pyridine rings is 2. The van der Waals surface area contributed by atoms with Crippen molar-refractivity contribution in [2.24, 2.45) is 16.0 Å². The molecule has 38 heavy (non-hydrogen) atoms. The van der Waals surface area contributed by atoms with E-state index in [2.05, 4.69) is 16.0 Å². The van der Waals surface area contributed by atoms with Gasteiger partial charge in [0.25, 0.3) is 5.69 Å². The number of rotatable bonds is 5. The predicted molar refractivity (Wildman–Crippen MR) is 143 cm³/mol. The normalized spacial score (nSPS) is 18.3. The molecule has 2 aliphatic rings. The number of fused-ring (bicyclic) bond motifs is 1. The molecule has 0 saturated carbocycles. The SMILES string of the molecule is N#CC1=C(c2cccc([N+](=O)[O-])c2)C2C(c3cccnc3)=NN(c3ccccc3)C2N=C1c1cccnc1. The molecule has 0 fully saturated rings. The summed E-state index contributed by atoms with van der Waals surface area (Å²) in [5.74, 6) is -0.489. The number of aromatic nitrogens is 2. The minimum absolute atomic E-state index is 0.0629. The highest BCUT2D eigenvalue weighted by atomic mass is 16.6. The number of hydrazone groups is 1. The topological polar surface area (TPSA) is 121 Å². The highest BCUT2D eigenvalue weighted by molar-refractivity contribution is 6.24. The monoisotopic (exact) mass is 497 g/mol. The number of para-hydroxylation sites is 1. The molecule has 0 spiro atoms. The summed E-state index contributed by atoms with van der Waals surface area (Å²) in [7, 11) is 0. The average molecular weight is 498 g/mol. The lowest BCUT2D eigenvalue weighted by molar-refractivity contribution is -0.384. The Morgan fingerprint density at radius 1 is 0.868 bits per heavy atom. The van der Waals surface area contributed by atoms with Crippen molar-refractivity contribution in [1.82, 2.24) is 9.97 Å². The Balaban J connectivity index is 1.64. The fraction of sp³-hybridized carbons (Fsp3) is 0.0690. The van der Waals surface area contributed by atoms with Crippen molar-refractivity contribution in [1.29, 1.82) is 5.26 Å². The first-order chi connectivity index (χ1) is 18.7. The molecule has 0 aliphatic carbocycles. The zero-order valence-electron chi connectivity index (χ0n) is 19.9. The molecule has 2 unspecified atom stereocenters. The minimum atomic E-state index is -0.547. The fourth-order valence-corrected chi connectivity index (χ4v) is 4.90. The number of nitrogens with zero attached hydrogens (tertiary/aromatic N) is 7. The third-order valence-electron chi connectivity index (χ3n) is 6.53. The van der Waals surface area contributed by atoms with E-state index in [4.69, 9.17) is 10.1 Å². The maximum atomic E-state index is 11.7. The van der Waals surface area contributed by atoms with Crippen molar-refractivity contribution in [2.75, 3.05) is 5.01 Å². The molecule has 6 rings (SSSR count). The quantitative estimate of drug-likeness (QED) is 0.282. The van der Waals surface area contributed by atoms with Gasteiger partial charge in [0.05, 0.1) is 33.5 Å². The van der Waals surface area contributed by atoms with Crippen LogP contribution in [0.25, 0.3) is 5.57 Å². The zero-order chi connectivity index (χ0) is 26.1. The summed E-state index contributed by atoms with van der Waals surface area (Å²) in [4.78, 5) is 24.8. The van der Waals surface area contributed by atoms with Gasteiger partial charge < -0.3 is 0 Å². The van der Waals surface area contributed by atoms with E-state index in [0.29, 0.717) is 33.7 Å². The number of allylic oxidation sites excluding steroid dienone is 1. The van der Waals surface area contributed by atoms with Gasteiger partial charge in [-0.2, -0.15) is 10.4 Å². The van der Waals surface area contributed by atoms with Crippen LogP contribution < -0.4 is 5.01 Å². The van der Waals surface area contributed by atoms with Crippen LogP contribution in [0.5, 0.6) is 0 Å². The van der Waals surface area contributed by atoms with Crippen LogP contribution in [0.15, 0.2) is 119 Å². The Kier molecular flexibility index (Phi) is 5.75. The molecule has 0 bridgehead atoms. The van der Waals surface area contributed by atoms with Gasteiger partial charge in [-0.05, 0) is 47.5 Å². The van der Waals surface area contributed by atoms with Gasteiger partial charge in [0.15, 0.2) is 6.17 Å². The van der Waals surface area contributed by atoms with Gasteiger partial charge in [0.2, 0.25) is 0 Å². The molecule has 182 valence electrons. The largest absolute Gasteiger partial charge is 0.270 e. The Labute approximate surface area is 217 Å². The van der Waals surface area contributed by atoms with E-state index in [1.807, 2.05) is 53.5 Å². The number of nitro groups is 1. The van der Waals surface area contributed by atoms with Crippen LogP contribution in [0.2, 0.25) is 0 Å². The number of dihydropyridines is 1. The van der Waals surface area contributed by atoms with Crippen molar-refractivity contribution >= 4 is 28.4 Å². The van der Waals surface area contributed by atoms with E-state index in [0.717, 1.165) is 11.3 Å². The summed E-state index contributed by atoms with van der Waals surface area (Å²) in [5, 5.41) is 29.0. The number of hydrogen-bond donors (Lipinski definition) is 0. The molecule has 0 amide bonds. The molecule has 0 saturated heterocycles. The lowest BCUT2D eigenvalue weighted by atomic mass is 9.78. The second-order valence-electron chi connectivity index (χ2n) is 8.73. The third kappa shape index (κ3) is 3.90. The van der Waals surface area contributed by atoms with Crippen LogP contribution in [0.3, 0.4) is 0 Å². The third-order valence-corrected chi connectivity index (χ3v) is 6.53. The van der Waals surface area contributed by atoms with Gasteiger partial charge in [-0.25, -0.2) is 5.01 Å². The summed E-state index contributed by atoms with van der Waals surface area (Å²) in [6, 6.07) is 25.7. The Morgan fingerprint density at radius 2 is 1.58 bits per heavy atom. The first-order valence-electron chi connectivity index (χ1n) is 11.9. The summed E-state index contributed by atoms with van der Waals surface area (Å²) in [5.41, 5.74) is 4.87. The maximum absolute atomic E-state index is 11.7. The molecule has 0 N–H and O–H groups in total. The highest BCUT2D eigenvalue weighted by Gasteiger charge is 2.46. The van der Waals surface area contributed by atoms with E-state index < -0.39 is 17.0 Å². The molecular weight excluding hydrogens is 478 g/mol. The van der Waals surface area contributed by atoms with Crippen molar-refractivity contribution in [2.45, 2.75) is 6.17 Å². The van der Waals surface area contributed by atoms with Crippen molar-refractivity contribution in [3.63, 3.8) is 0 Å². The molecule has 0 radical (unpaired) electrons. The molecule has 4 aromatic rings. The Morgan fingerprint density at radius 3 is 2.24 bits per heavy atom. The minimum Gasteiger partial charge on any atom is -0.264 e. The van der Waals surface area contributed by atoms with E-state index in [-0.39, 0.29) is 5.69 Å². The van der Waals surface area contributed by atoms with E-state index in [1.165, 1.54) is 12.1 Å². The lowest BCUT2D eigenvalue weighted by Gasteiger charge is -2.32. The summed E-state index contributed by atoms with van der Waals surface area (Å²) < 4.78 is 0. The standard InChI is InChI=1S/C29H19N7O2/c30-16-24-25(19-7-4-12-23(15-19)36(37)38)26-28(21-9-6-14-32-18-21)34-35(22-10-2-1-3-11-22)29(26)33-27(24)20-8-5-13-31-17-20/h1-15,17-18,26,29H. The Bertz CT molecular complexity index is 1660. The fourth-order valence-electron chi connectivity index (χ4n) is 4.90. The number of anilines is 1. The number of aliphatic imine (C=N–C) groups is 1. The molecule has 2 aliphatic heterocycles. The first-order valence-corrected chi connectivity index (χ1v) is 11.9. The Hall–Kier alpha value is -5.49. The van der Waals surface area contributed by atoms with E-state index in [1.54, 1.807) is 43.0 Å². The smallest absolute Gasteiger partial charge is 0.264 e. The summed E-state index contributed by atoms with van der Waals surface area (Å²) in [6.45, 7) is 0. The average Bonchev–Trinajstić information content (AvgIpc) is 3.37. The number of benzene rings is 2. The number of nitro benzene ring substituents is 1. The molecule has 9 heteroatoms. The van der Waals surface area contributed by atoms with Gasteiger partial charge >= 0.3 is 0 Å². The molecule has 2 aromatic heterocycles. The molecule has 2 aromatic carbocycles. The number of hydrogen-bond acceptors (Lipinski definition) is 8. The lowest BCUT2D eigenvalue weighted by Crippen LogP contribution is -2.37. The van der Waals surface area contributed by atoms with Gasteiger partial charge in [-0.15, -0.1) is 0 Å². The van der Waals surface area contributed by atoms with E-state index >= 15 is 0 Å². The van der Waals surface area contributed by atoms with Gasteiger partial charge in [-0.3, -0.25) is 25.1 Å². The van der Waals surface area contributed by atoms with Crippen LogP contribution in [0.1, 0.15) is 16.7 Å². The van der Waals surface area contributed by atoms with Gasteiger partial charge in [0, 0.05) is 48.0 Å². The zero-order valence-corrected chi connectivity index (χ0v) is 19.9. The van der Waals surface area contributed by atoms with Crippen LogP contribution in [-0.2, 0) is 0 Å². The van der Waals surface area contributed by atoms with Crippen molar-refractivity contribution in [3.8, 4) is 6.07 Å². The molecule has 4 heterocycles.